The maximum absolute atomic E-state index is 12.1. The van der Waals surface area contributed by atoms with E-state index in [2.05, 4.69) is 5.32 Å². The first-order valence-corrected chi connectivity index (χ1v) is 6.86. The van der Waals surface area contributed by atoms with Crippen LogP contribution < -0.4 is 15.8 Å². The largest absolute Gasteiger partial charge is 0.496 e. The van der Waals surface area contributed by atoms with Gasteiger partial charge in [0.25, 0.3) is 5.91 Å². The molecule has 0 aliphatic rings. The smallest absolute Gasteiger partial charge is 0.251 e. The average molecular weight is 305 g/mol. The summed E-state index contributed by atoms with van der Waals surface area (Å²) in [4.78, 5) is 12.1. The molecule has 0 atom stereocenters. The molecule has 0 aromatic heterocycles. The molecule has 0 aliphatic carbocycles. The number of ether oxygens (including phenoxy) is 1. The highest BCUT2D eigenvalue weighted by atomic mass is 35.5. The standard InChI is InChI=1S/C16H17ClN2O2/c1-10-7-11(3-5-14(10)17)16(20)19-9-12-8-13(18)4-6-15(12)21-2/h3-8H,9,18H2,1-2H3,(H,19,20). The monoisotopic (exact) mass is 304 g/mol. The lowest BCUT2D eigenvalue weighted by atomic mass is 10.1. The molecule has 0 unspecified atom stereocenters. The van der Waals surface area contributed by atoms with E-state index in [9.17, 15) is 4.79 Å². The maximum atomic E-state index is 12.1. The number of carbonyl (C=O) groups excluding carboxylic acids is 1. The second-order valence-electron chi connectivity index (χ2n) is 4.72. The Bertz CT molecular complexity index is 671. The molecule has 2 rings (SSSR count). The highest BCUT2D eigenvalue weighted by Gasteiger charge is 2.09. The molecule has 0 fully saturated rings. The Labute approximate surface area is 128 Å². The first-order chi connectivity index (χ1) is 10.0. The maximum Gasteiger partial charge on any atom is 0.251 e. The quantitative estimate of drug-likeness (QED) is 0.853. The summed E-state index contributed by atoms with van der Waals surface area (Å²) < 4.78 is 5.25. The van der Waals surface area contributed by atoms with Crippen molar-refractivity contribution in [1.82, 2.24) is 5.32 Å². The third kappa shape index (κ3) is 3.67. The summed E-state index contributed by atoms with van der Waals surface area (Å²) in [7, 11) is 1.58. The van der Waals surface area contributed by atoms with E-state index in [0.29, 0.717) is 28.6 Å². The molecule has 5 heteroatoms. The minimum Gasteiger partial charge on any atom is -0.496 e. The molecule has 0 spiro atoms. The van der Waals surface area contributed by atoms with E-state index < -0.39 is 0 Å². The molecule has 0 radical (unpaired) electrons. The second kappa shape index (κ2) is 6.50. The summed E-state index contributed by atoms with van der Waals surface area (Å²) in [6.45, 7) is 2.20. The van der Waals surface area contributed by atoms with Gasteiger partial charge in [-0.1, -0.05) is 11.6 Å². The van der Waals surface area contributed by atoms with Crippen LogP contribution in [-0.2, 0) is 6.54 Å². The average Bonchev–Trinajstić information content (AvgIpc) is 2.47. The van der Waals surface area contributed by atoms with Crippen LogP contribution in [0, 0.1) is 6.92 Å². The molecular weight excluding hydrogens is 288 g/mol. The highest BCUT2D eigenvalue weighted by Crippen LogP contribution is 2.21. The first-order valence-electron chi connectivity index (χ1n) is 6.48. The molecule has 0 bridgehead atoms. The first kappa shape index (κ1) is 15.2. The van der Waals surface area contributed by atoms with Crippen molar-refractivity contribution in [3.63, 3.8) is 0 Å². The van der Waals surface area contributed by atoms with Crippen molar-refractivity contribution in [3.05, 3.63) is 58.1 Å². The number of nitrogen functional groups attached to an aromatic ring is 1. The molecule has 1 amide bonds. The predicted molar refractivity (Wildman–Crippen MR) is 84.8 cm³/mol. The molecule has 0 heterocycles. The van der Waals surface area contributed by atoms with Crippen molar-refractivity contribution in [2.24, 2.45) is 0 Å². The molecule has 110 valence electrons. The fourth-order valence-electron chi connectivity index (χ4n) is 2.00. The van der Waals surface area contributed by atoms with Gasteiger partial charge in [-0.15, -0.1) is 0 Å². The number of methoxy groups -OCH3 is 1. The Morgan fingerprint density at radius 3 is 2.71 bits per heavy atom. The van der Waals surface area contributed by atoms with Crippen LogP contribution in [0.4, 0.5) is 5.69 Å². The lowest BCUT2D eigenvalue weighted by molar-refractivity contribution is 0.0950. The summed E-state index contributed by atoms with van der Waals surface area (Å²) in [5.74, 6) is 0.524. The zero-order valence-electron chi connectivity index (χ0n) is 11.9. The highest BCUT2D eigenvalue weighted by molar-refractivity contribution is 6.31. The third-order valence-corrected chi connectivity index (χ3v) is 3.59. The molecule has 3 N–H and O–H groups in total. The zero-order valence-corrected chi connectivity index (χ0v) is 12.7. The summed E-state index contributed by atoms with van der Waals surface area (Å²) in [6.07, 6.45) is 0. The molecule has 0 aliphatic heterocycles. The van der Waals surface area contributed by atoms with Crippen molar-refractivity contribution in [1.29, 1.82) is 0 Å². The van der Waals surface area contributed by atoms with E-state index in [4.69, 9.17) is 22.1 Å². The number of aryl methyl sites for hydroxylation is 1. The topological polar surface area (TPSA) is 64.3 Å². The SMILES string of the molecule is COc1ccc(N)cc1CNC(=O)c1ccc(Cl)c(C)c1. The van der Waals surface area contributed by atoms with Crippen LogP contribution in [-0.4, -0.2) is 13.0 Å². The van der Waals surface area contributed by atoms with Crippen molar-refractivity contribution in [3.8, 4) is 5.75 Å². The Hall–Kier alpha value is -2.20. The molecule has 4 nitrogen and oxygen atoms in total. The van der Waals surface area contributed by atoms with Gasteiger partial charge in [-0.3, -0.25) is 4.79 Å². The minimum absolute atomic E-state index is 0.167. The number of hydrogen-bond donors (Lipinski definition) is 2. The van der Waals surface area contributed by atoms with Gasteiger partial charge in [0.05, 0.1) is 7.11 Å². The van der Waals surface area contributed by atoms with E-state index in [0.717, 1.165) is 11.1 Å². The Kier molecular flexibility index (Phi) is 4.70. The minimum atomic E-state index is -0.167. The molecule has 21 heavy (non-hydrogen) atoms. The van der Waals surface area contributed by atoms with Gasteiger partial charge in [0.1, 0.15) is 5.75 Å². The van der Waals surface area contributed by atoms with Gasteiger partial charge in [0, 0.05) is 28.4 Å². The van der Waals surface area contributed by atoms with E-state index in [1.807, 2.05) is 6.92 Å². The van der Waals surface area contributed by atoms with Crippen molar-refractivity contribution in [2.45, 2.75) is 13.5 Å². The number of benzene rings is 2. The van der Waals surface area contributed by atoms with Gasteiger partial charge in [-0.25, -0.2) is 0 Å². The van der Waals surface area contributed by atoms with Crippen molar-refractivity contribution < 1.29 is 9.53 Å². The fraction of sp³-hybridized carbons (Fsp3) is 0.188. The molecule has 2 aromatic carbocycles. The van der Waals surface area contributed by atoms with E-state index >= 15 is 0 Å². The van der Waals surface area contributed by atoms with Gasteiger partial charge in [0.15, 0.2) is 0 Å². The second-order valence-corrected chi connectivity index (χ2v) is 5.13. The summed E-state index contributed by atoms with van der Waals surface area (Å²) in [5, 5.41) is 3.49. The van der Waals surface area contributed by atoms with Gasteiger partial charge in [-0.2, -0.15) is 0 Å². The van der Waals surface area contributed by atoms with Crippen LogP contribution in [0.3, 0.4) is 0 Å². The van der Waals surface area contributed by atoms with Crippen LogP contribution >= 0.6 is 11.6 Å². The number of hydrogen-bond acceptors (Lipinski definition) is 3. The van der Waals surface area contributed by atoms with E-state index in [1.165, 1.54) is 0 Å². The number of anilines is 1. The number of rotatable bonds is 4. The van der Waals surface area contributed by atoms with Gasteiger partial charge < -0.3 is 15.8 Å². The number of nitrogens with one attached hydrogen (secondary N) is 1. The number of amides is 1. The molecule has 2 aromatic rings. The van der Waals surface area contributed by atoms with E-state index in [1.54, 1.807) is 43.5 Å². The van der Waals surface area contributed by atoms with E-state index in [-0.39, 0.29) is 5.91 Å². The number of halogens is 1. The molecule has 0 saturated heterocycles. The Morgan fingerprint density at radius 1 is 1.29 bits per heavy atom. The van der Waals surface area contributed by atoms with Gasteiger partial charge >= 0.3 is 0 Å². The molecular formula is C16H17ClN2O2. The van der Waals surface area contributed by atoms with Crippen LogP contribution in [0.15, 0.2) is 36.4 Å². The summed E-state index contributed by atoms with van der Waals surface area (Å²) in [5.41, 5.74) is 8.65. The van der Waals surface area contributed by atoms with Crippen LogP contribution in [0.5, 0.6) is 5.75 Å². The Balaban J connectivity index is 2.10. The van der Waals surface area contributed by atoms with Crippen LogP contribution in [0.25, 0.3) is 0 Å². The third-order valence-electron chi connectivity index (χ3n) is 3.16. The van der Waals surface area contributed by atoms with Crippen LogP contribution in [0.2, 0.25) is 5.02 Å². The normalized spacial score (nSPS) is 10.2. The predicted octanol–water partition coefficient (Wildman–Crippen LogP) is 3.17. The molecule has 0 saturated carbocycles. The Morgan fingerprint density at radius 2 is 2.05 bits per heavy atom. The van der Waals surface area contributed by atoms with Crippen LogP contribution in [0.1, 0.15) is 21.5 Å². The lowest BCUT2D eigenvalue weighted by Gasteiger charge is -2.11. The van der Waals surface area contributed by atoms with Crippen molar-refractivity contribution >= 4 is 23.2 Å². The number of nitrogens with two attached hydrogens (primary N) is 1. The summed E-state index contributed by atoms with van der Waals surface area (Å²) >= 11 is 5.95. The zero-order chi connectivity index (χ0) is 15.4. The van der Waals surface area contributed by atoms with Gasteiger partial charge in [0.2, 0.25) is 0 Å². The summed E-state index contributed by atoms with van der Waals surface area (Å²) in [6, 6.07) is 10.5. The fourth-order valence-corrected chi connectivity index (χ4v) is 2.12. The number of carbonyl (C=O) groups is 1. The van der Waals surface area contributed by atoms with Crippen molar-refractivity contribution in [2.75, 3.05) is 12.8 Å². The lowest BCUT2D eigenvalue weighted by Crippen LogP contribution is -2.23. The van der Waals surface area contributed by atoms with Gasteiger partial charge in [-0.05, 0) is 48.9 Å².